The molecule has 1 heterocycles. The highest BCUT2D eigenvalue weighted by molar-refractivity contribution is 6.02. The Morgan fingerprint density at radius 3 is 1.59 bits per heavy atom. The van der Waals surface area contributed by atoms with Gasteiger partial charge in [0.05, 0.1) is 5.92 Å². The van der Waals surface area contributed by atoms with Gasteiger partial charge in [0, 0.05) is 36.1 Å². The zero-order valence-corrected chi connectivity index (χ0v) is 19.1. The normalized spacial score (nSPS) is 11.2. The highest BCUT2D eigenvalue weighted by atomic mass is 16.1. The fourth-order valence-electron chi connectivity index (χ4n) is 4.65. The number of hydrogen-bond acceptors (Lipinski definition) is 2. The third kappa shape index (κ3) is 4.51. The van der Waals surface area contributed by atoms with Crippen LogP contribution in [0.4, 0.5) is 0 Å². The molecule has 0 spiro atoms. The van der Waals surface area contributed by atoms with Gasteiger partial charge in [-0.05, 0) is 33.7 Å². The Hall–Kier alpha value is -4.11. The van der Waals surface area contributed by atoms with Gasteiger partial charge in [-0.25, -0.2) is 4.57 Å². The van der Waals surface area contributed by atoms with Crippen LogP contribution in [0.25, 0.3) is 21.5 Å². The second-order valence-corrected chi connectivity index (χ2v) is 8.81. The van der Waals surface area contributed by atoms with E-state index in [1.54, 1.807) is 0 Å². The number of carbonyl (C=O) groups is 2. The van der Waals surface area contributed by atoms with Crippen molar-refractivity contribution in [1.29, 1.82) is 0 Å². The number of hydrogen-bond donors (Lipinski definition) is 0. The number of carbonyl (C=O) groups excluding carboxylic acids is 2. The topological polar surface area (TPSA) is 38.0 Å². The van der Waals surface area contributed by atoms with Crippen LogP contribution in [-0.4, -0.2) is 11.6 Å². The maximum atomic E-state index is 13.4. The van der Waals surface area contributed by atoms with Gasteiger partial charge < -0.3 is 0 Å². The monoisotopic (exact) mass is 444 g/mol. The van der Waals surface area contributed by atoms with E-state index in [0.717, 1.165) is 27.2 Å². The Bertz CT molecular complexity index is 1430. The number of aromatic nitrogens is 1. The lowest BCUT2D eigenvalue weighted by atomic mass is 9.88. The summed E-state index contributed by atoms with van der Waals surface area (Å²) in [6.07, 6.45) is 2.51. The number of fused-ring (bicyclic) bond motifs is 2. The molecule has 5 aromatic rings. The highest BCUT2D eigenvalue weighted by Crippen LogP contribution is 2.27. The van der Waals surface area contributed by atoms with Crippen LogP contribution in [0.1, 0.15) is 45.2 Å². The van der Waals surface area contributed by atoms with Crippen LogP contribution < -0.4 is 4.57 Å². The molecule has 0 aliphatic rings. The molecule has 0 amide bonds. The van der Waals surface area contributed by atoms with Gasteiger partial charge in [-0.2, -0.15) is 0 Å². The van der Waals surface area contributed by atoms with E-state index in [1.165, 1.54) is 0 Å². The predicted molar refractivity (Wildman–Crippen MR) is 136 cm³/mol. The summed E-state index contributed by atoms with van der Waals surface area (Å²) in [6, 6.07) is 33.6. The van der Waals surface area contributed by atoms with Crippen LogP contribution in [0.15, 0.2) is 109 Å². The Morgan fingerprint density at radius 2 is 1.09 bits per heavy atom. The van der Waals surface area contributed by atoms with Crippen LogP contribution >= 0.6 is 0 Å². The summed E-state index contributed by atoms with van der Waals surface area (Å²) in [5.41, 5.74) is 2.34. The van der Waals surface area contributed by atoms with Crippen molar-refractivity contribution in [3.63, 3.8) is 0 Å². The molecule has 3 heteroatoms. The number of pyridine rings is 1. The van der Waals surface area contributed by atoms with Crippen molar-refractivity contribution < 1.29 is 14.2 Å². The molecule has 0 radical (unpaired) electrons. The molecule has 166 valence electrons. The van der Waals surface area contributed by atoms with Crippen molar-refractivity contribution >= 4 is 33.1 Å². The lowest BCUT2D eigenvalue weighted by Gasteiger charge is -2.15. The Balaban J connectivity index is 1.44. The average Bonchev–Trinajstić information content (AvgIpc) is 2.88. The summed E-state index contributed by atoms with van der Waals surface area (Å²) in [6.45, 7) is 0. The van der Waals surface area contributed by atoms with E-state index < -0.39 is 0 Å². The van der Waals surface area contributed by atoms with E-state index >= 15 is 0 Å². The molecular weight excluding hydrogens is 418 g/mol. The van der Waals surface area contributed by atoms with Crippen molar-refractivity contribution in [2.75, 3.05) is 0 Å². The number of ketones is 2. The molecule has 0 unspecified atom stereocenters. The number of rotatable bonds is 7. The molecule has 0 bridgehead atoms. The number of Topliss-reactive ketones (excluding diaryl/α,β-unsaturated/α-hetero) is 2. The van der Waals surface area contributed by atoms with E-state index in [9.17, 15) is 9.59 Å². The van der Waals surface area contributed by atoms with Crippen LogP contribution in [0.2, 0.25) is 0 Å². The van der Waals surface area contributed by atoms with Gasteiger partial charge in [0.15, 0.2) is 23.5 Å². The summed E-state index contributed by atoms with van der Waals surface area (Å²) in [5.74, 6) is -0.124. The molecule has 0 saturated heterocycles. The first kappa shape index (κ1) is 21.7. The molecule has 0 aliphatic carbocycles. The number of aryl methyl sites for hydroxylation is 1. The van der Waals surface area contributed by atoms with Crippen molar-refractivity contribution in [2.24, 2.45) is 7.05 Å². The van der Waals surface area contributed by atoms with Gasteiger partial charge in [0.2, 0.25) is 0 Å². The van der Waals surface area contributed by atoms with Crippen molar-refractivity contribution in [3.05, 3.63) is 126 Å². The Kier molecular flexibility index (Phi) is 6.01. The van der Waals surface area contributed by atoms with Crippen LogP contribution in [0, 0.1) is 0 Å². The summed E-state index contributed by atoms with van der Waals surface area (Å²) in [4.78, 5) is 26.7. The van der Waals surface area contributed by atoms with E-state index in [2.05, 4.69) is 0 Å². The van der Waals surface area contributed by atoms with E-state index in [4.69, 9.17) is 0 Å². The average molecular weight is 445 g/mol. The van der Waals surface area contributed by atoms with Crippen molar-refractivity contribution in [3.8, 4) is 0 Å². The highest BCUT2D eigenvalue weighted by Gasteiger charge is 2.27. The van der Waals surface area contributed by atoms with E-state index in [0.29, 0.717) is 11.1 Å². The number of benzene rings is 4. The van der Waals surface area contributed by atoms with Crippen molar-refractivity contribution in [2.45, 2.75) is 18.8 Å². The maximum Gasteiger partial charge on any atom is 0.185 e. The second kappa shape index (κ2) is 9.40. The molecule has 0 saturated carbocycles. The molecule has 5 rings (SSSR count). The lowest BCUT2D eigenvalue weighted by Crippen LogP contribution is -2.35. The molecule has 0 fully saturated rings. The smallest absolute Gasteiger partial charge is 0.185 e. The molecule has 0 aliphatic heterocycles. The summed E-state index contributed by atoms with van der Waals surface area (Å²) in [7, 11) is 1.96. The number of nitrogens with zero attached hydrogens (tertiary/aromatic N) is 1. The minimum atomic E-state index is -0.218. The quantitative estimate of drug-likeness (QED) is 0.214. The van der Waals surface area contributed by atoms with Gasteiger partial charge in [0.25, 0.3) is 0 Å². The maximum absolute atomic E-state index is 13.4. The van der Waals surface area contributed by atoms with Gasteiger partial charge in [-0.1, -0.05) is 78.9 Å². The van der Waals surface area contributed by atoms with E-state index in [-0.39, 0.29) is 30.3 Å². The Morgan fingerprint density at radius 1 is 0.618 bits per heavy atom. The summed E-state index contributed by atoms with van der Waals surface area (Å²) < 4.78 is 2.01. The van der Waals surface area contributed by atoms with Gasteiger partial charge >= 0.3 is 0 Å². The predicted octanol–water partition coefficient (Wildman–Crippen LogP) is 6.45. The molecular formula is C31H26NO2+. The molecule has 34 heavy (non-hydrogen) atoms. The van der Waals surface area contributed by atoms with Gasteiger partial charge in [0.1, 0.15) is 7.05 Å². The zero-order valence-electron chi connectivity index (χ0n) is 19.1. The fourth-order valence-corrected chi connectivity index (χ4v) is 4.65. The third-order valence-corrected chi connectivity index (χ3v) is 6.52. The fraction of sp³-hybridized carbons (Fsp3) is 0.129. The largest absolute Gasteiger partial charge is 0.294 e. The van der Waals surface area contributed by atoms with Gasteiger partial charge in [-0.15, -0.1) is 0 Å². The molecule has 4 aromatic carbocycles. The van der Waals surface area contributed by atoms with Crippen LogP contribution in [0.5, 0.6) is 0 Å². The first-order chi connectivity index (χ1) is 16.6. The van der Waals surface area contributed by atoms with Crippen LogP contribution in [-0.2, 0) is 7.05 Å². The standard InChI is InChI=1S/C31H26NO2/c1-32-17-7-6-12-29(32)28(20-30(33)26-15-13-22-8-2-4-10-24(22)18-26)21-31(34)27-16-14-23-9-3-5-11-25(23)19-27/h2-19,28H,20-21H2,1H3/q+1. The Labute approximate surface area is 199 Å². The third-order valence-electron chi connectivity index (χ3n) is 6.52. The first-order valence-electron chi connectivity index (χ1n) is 11.6. The minimum Gasteiger partial charge on any atom is -0.294 e. The lowest BCUT2D eigenvalue weighted by molar-refractivity contribution is -0.680. The second-order valence-electron chi connectivity index (χ2n) is 8.81. The molecule has 0 N–H and O–H groups in total. The van der Waals surface area contributed by atoms with E-state index in [1.807, 2.05) is 121 Å². The summed E-state index contributed by atoms with van der Waals surface area (Å²) in [5, 5.41) is 4.30. The minimum absolute atomic E-state index is 0.0471. The SMILES string of the molecule is C[n+]1ccccc1C(CC(=O)c1ccc2ccccc2c1)CC(=O)c1ccc2ccccc2c1. The molecule has 0 atom stereocenters. The first-order valence-corrected chi connectivity index (χ1v) is 11.6. The van der Waals surface area contributed by atoms with Crippen LogP contribution in [0.3, 0.4) is 0 Å². The summed E-state index contributed by atoms with van der Waals surface area (Å²) >= 11 is 0. The van der Waals surface area contributed by atoms with Gasteiger partial charge in [-0.3, -0.25) is 9.59 Å². The molecule has 3 nitrogen and oxygen atoms in total. The molecule has 1 aromatic heterocycles. The van der Waals surface area contributed by atoms with Crippen molar-refractivity contribution in [1.82, 2.24) is 0 Å². The zero-order chi connectivity index (χ0) is 23.5.